The zero-order valence-electron chi connectivity index (χ0n) is 10.1. The van der Waals surface area contributed by atoms with E-state index < -0.39 is 23.7 Å². The second-order valence-corrected chi connectivity index (χ2v) is 4.48. The first-order chi connectivity index (χ1) is 9.06. The second-order valence-electron chi connectivity index (χ2n) is 3.63. The minimum Gasteiger partial charge on any atom is -0.350 e. The van der Waals surface area contributed by atoms with Gasteiger partial charge in [-0.1, -0.05) is 0 Å². The maximum absolute atomic E-state index is 13.6. The molecule has 0 saturated heterocycles. The Kier molecular flexibility index (Phi) is 4.18. The van der Waals surface area contributed by atoms with E-state index in [2.05, 4.69) is 4.98 Å². The summed E-state index contributed by atoms with van der Waals surface area (Å²) in [5, 5.41) is 1.67. The molecule has 102 valence electrons. The quantitative estimate of drug-likeness (QED) is 0.807. The highest BCUT2D eigenvalue weighted by molar-refractivity contribution is 7.13. The summed E-state index contributed by atoms with van der Waals surface area (Å²) in [5.41, 5.74) is 0.0386. The number of nitrogens with zero attached hydrogens (tertiary/aromatic N) is 1. The van der Waals surface area contributed by atoms with Gasteiger partial charge in [-0.15, -0.1) is 11.3 Å². The molecular weight excluding hydrogens is 279 g/mol. The smallest absolute Gasteiger partial charge is 0.201 e. The van der Waals surface area contributed by atoms with Gasteiger partial charge in [-0.2, -0.15) is 0 Å². The van der Waals surface area contributed by atoms with E-state index in [0.717, 1.165) is 11.3 Å². The molecule has 0 fully saturated rings. The predicted molar refractivity (Wildman–Crippen MR) is 64.2 cm³/mol. The highest BCUT2D eigenvalue weighted by Gasteiger charge is 2.19. The topological polar surface area (TPSA) is 31.4 Å². The van der Waals surface area contributed by atoms with Crippen LogP contribution in [0.3, 0.4) is 0 Å². The Balaban J connectivity index is 2.43. The average Bonchev–Trinajstić information content (AvgIpc) is 2.78. The fourth-order valence-electron chi connectivity index (χ4n) is 1.59. The molecule has 0 aliphatic rings. The summed E-state index contributed by atoms with van der Waals surface area (Å²) in [4.78, 5) is 4.04. The largest absolute Gasteiger partial charge is 0.350 e. The van der Waals surface area contributed by atoms with Crippen LogP contribution in [0.15, 0.2) is 17.5 Å². The van der Waals surface area contributed by atoms with Crippen LogP contribution in [-0.4, -0.2) is 19.2 Å². The van der Waals surface area contributed by atoms with Crippen molar-refractivity contribution in [2.45, 2.75) is 6.29 Å². The molecule has 0 aliphatic heterocycles. The Bertz CT molecular complexity index is 561. The van der Waals surface area contributed by atoms with Crippen molar-refractivity contribution in [3.05, 3.63) is 40.7 Å². The lowest BCUT2D eigenvalue weighted by Gasteiger charge is -2.09. The van der Waals surface area contributed by atoms with E-state index >= 15 is 0 Å². The van der Waals surface area contributed by atoms with Crippen LogP contribution in [0.4, 0.5) is 13.2 Å². The first-order valence-electron chi connectivity index (χ1n) is 5.22. The van der Waals surface area contributed by atoms with Gasteiger partial charge in [0.1, 0.15) is 28.2 Å². The van der Waals surface area contributed by atoms with Crippen LogP contribution >= 0.6 is 11.3 Å². The molecule has 0 spiro atoms. The average molecular weight is 289 g/mol. The Hall–Kier alpha value is -1.44. The van der Waals surface area contributed by atoms with Gasteiger partial charge in [0.25, 0.3) is 0 Å². The number of methoxy groups -OCH3 is 2. The highest BCUT2D eigenvalue weighted by atomic mass is 32.1. The van der Waals surface area contributed by atoms with Gasteiger partial charge in [0, 0.05) is 31.7 Å². The first kappa shape index (κ1) is 14.0. The van der Waals surface area contributed by atoms with Gasteiger partial charge in [-0.3, -0.25) is 0 Å². The van der Waals surface area contributed by atoms with Crippen molar-refractivity contribution in [3.8, 4) is 10.6 Å². The Morgan fingerprint density at radius 3 is 2.21 bits per heavy atom. The molecule has 0 saturated carbocycles. The Morgan fingerprint density at radius 2 is 1.68 bits per heavy atom. The molecule has 1 heterocycles. The zero-order valence-corrected chi connectivity index (χ0v) is 10.9. The van der Waals surface area contributed by atoms with Gasteiger partial charge in [0.05, 0.1) is 5.56 Å². The fraction of sp³-hybridized carbons (Fsp3) is 0.250. The number of hydrogen-bond donors (Lipinski definition) is 0. The van der Waals surface area contributed by atoms with Crippen LogP contribution in [0.1, 0.15) is 12.0 Å². The van der Waals surface area contributed by atoms with Crippen LogP contribution in [-0.2, 0) is 9.47 Å². The molecule has 0 N–H and O–H groups in total. The zero-order chi connectivity index (χ0) is 14.0. The number of rotatable bonds is 4. The molecule has 0 unspecified atom stereocenters. The summed E-state index contributed by atoms with van der Waals surface area (Å²) < 4.78 is 50.0. The lowest BCUT2D eigenvalue weighted by Crippen LogP contribution is -2.04. The molecule has 7 heteroatoms. The third kappa shape index (κ3) is 2.78. The summed E-state index contributed by atoms with van der Waals surface area (Å²) >= 11 is 1.02. The molecule has 0 amide bonds. The number of benzene rings is 1. The lowest BCUT2D eigenvalue weighted by molar-refractivity contribution is -0.108. The normalized spacial score (nSPS) is 11.3. The molecule has 2 aromatic rings. The van der Waals surface area contributed by atoms with E-state index in [-0.39, 0.29) is 10.6 Å². The molecule has 0 bridgehead atoms. The van der Waals surface area contributed by atoms with Crippen molar-refractivity contribution in [2.24, 2.45) is 0 Å². The van der Waals surface area contributed by atoms with Crippen molar-refractivity contribution in [3.63, 3.8) is 0 Å². The van der Waals surface area contributed by atoms with Gasteiger partial charge < -0.3 is 9.47 Å². The van der Waals surface area contributed by atoms with Crippen LogP contribution < -0.4 is 0 Å². The van der Waals surface area contributed by atoms with Crippen molar-refractivity contribution in [1.29, 1.82) is 0 Å². The van der Waals surface area contributed by atoms with E-state index in [1.54, 1.807) is 5.38 Å². The number of hydrogen-bond acceptors (Lipinski definition) is 4. The number of thiazole rings is 1. The van der Waals surface area contributed by atoms with Crippen LogP contribution in [0.25, 0.3) is 10.6 Å². The van der Waals surface area contributed by atoms with Gasteiger partial charge >= 0.3 is 0 Å². The number of aromatic nitrogens is 1. The van der Waals surface area contributed by atoms with Crippen molar-refractivity contribution in [2.75, 3.05) is 14.2 Å². The van der Waals surface area contributed by atoms with Gasteiger partial charge in [-0.05, 0) is 0 Å². The SMILES string of the molecule is COC(OC)c1csc(-c2c(F)cc(F)cc2F)n1. The molecule has 19 heavy (non-hydrogen) atoms. The van der Waals surface area contributed by atoms with Crippen LogP contribution in [0.2, 0.25) is 0 Å². The third-order valence-electron chi connectivity index (χ3n) is 2.41. The van der Waals surface area contributed by atoms with Gasteiger partial charge in [-0.25, -0.2) is 18.2 Å². The second kappa shape index (κ2) is 5.68. The molecular formula is C12H10F3NO2S. The van der Waals surface area contributed by atoms with Crippen molar-refractivity contribution >= 4 is 11.3 Å². The summed E-state index contributed by atoms with van der Waals surface area (Å²) in [6, 6.07) is 1.23. The summed E-state index contributed by atoms with van der Waals surface area (Å²) in [5.74, 6) is -2.96. The molecule has 1 aromatic heterocycles. The summed E-state index contributed by atoms with van der Waals surface area (Å²) in [6.07, 6.45) is -0.712. The minimum atomic E-state index is -0.996. The fourth-order valence-corrected chi connectivity index (χ4v) is 2.46. The lowest BCUT2D eigenvalue weighted by atomic mass is 10.2. The van der Waals surface area contributed by atoms with Crippen molar-refractivity contribution in [1.82, 2.24) is 4.98 Å². The summed E-state index contributed by atoms with van der Waals surface area (Å²) in [6.45, 7) is 0. The van der Waals surface area contributed by atoms with E-state index in [1.165, 1.54) is 14.2 Å². The molecule has 1 aromatic carbocycles. The van der Waals surface area contributed by atoms with E-state index in [4.69, 9.17) is 9.47 Å². The standard InChI is InChI=1S/C12H10F3NO2S/c1-17-12(18-2)9-5-19-11(16-9)10-7(14)3-6(13)4-8(10)15/h3-5,12H,1-2H3. The van der Waals surface area contributed by atoms with Gasteiger partial charge in [0.15, 0.2) is 0 Å². The number of halogens is 3. The molecule has 2 rings (SSSR count). The van der Waals surface area contributed by atoms with E-state index in [1.807, 2.05) is 0 Å². The molecule has 0 aliphatic carbocycles. The monoisotopic (exact) mass is 289 g/mol. The minimum absolute atomic E-state index is 0.101. The van der Waals surface area contributed by atoms with E-state index in [9.17, 15) is 13.2 Å². The molecule has 0 atom stereocenters. The molecule has 0 radical (unpaired) electrons. The maximum atomic E-state index is 13.6. The molecule has 3 nitrogen and oxygen atoms in total. The van der Waals surface area contributed by atoms with Gasteiger partial charge in [0.2, 0.25) is 6.29 Å². The Labute approximate surface area is 111 Å². The number of ether oxygens (including phenoxy) is 2. The summed E-state index contributed by atoms with van der Waals surface area (Å²) in [7, 11) is 2.85. The highest BCUT2D eigenvalue weighted by Crippen LogP contribution is 2.31. The Morgan fingerprint density at radius 1 is 1.11 bits per heavy atom. The van der Waals surface area contributed by atoms with Crippen LogP contribution in [0.5, 0.6) is 0 Å². The predicted octanol–water partition coefficient (Wildman–Crippen LogP) is 3.52. The van der Waals surface area contributed by atoms with E-state index in [0.29, 0.717) is 17.8 Å². The maximum Gasteiger partial charge on any atom is 0.201 e. The first-order valence-corrected chi connectivity index (χ1v) is 6.10. The van der Waals surface area contributed by atoms with Crippen molar-refractivity contribution < 1.29 is 22.6 Å². The third-order valence-corrected chi connectivity index (χ3v) is 3.29. The van der Waals surface area contributed by atoms with Crippen LogP contribution in [0, 0.1) is 17.5 Å².